The molecule has 2 aliphatic carbocycles. The number of nitrogens with zero attached hydrogens (tertiary/aromatic N) is 2. The van der Waals surface area contributed by atoms with Crippen LogP contribution in [0.25, 0.3) is 0 Å². The van der Waals surface area contributed by atoms with Gasteiger partial charge in [0.15, 0.2) is 0 Å². The van der Waals surface area contributed by atoms with E-state index in [9.17, 15) is 19.2 Å². The van der Waals surface area contributed by atoms with E-state index >= 15 is 0 Å². The van der Waals surface area contributed by atoms with Gasteiger partial charge in [-0.05, 0) is 78.5 Å². The van der Waals surface area contributed by atoms with Gasteiger partial charge >= 0.3 is 0 Å². The van der Waals surface area contributed by atoms with Crippen molar-refractivity contribution >= 4 is 23.2 Å². The topological polar surface area (TPSA) is 156 Å². The van der Waals surface area contributed by atoms with Crippen LogP contribution in [0.2, 0.25) is 0 Å². The average molecular weight is 551 g/mol. The van der Waals surface area contributed by atoms with Crippen molar-refractivity contribution in [1.29, 1.82) is 0 Å². The Hall–Kier alpha value is -4.86. The molecule has 2 amide bonds. The van der Waals surface area contributed by atoms with Gasteiger partial charge in [-0.1, -0.05) is 30.3 Å². The molecule has 2 atom stereocenters. The van der Waals surface area contributed by atoms with E-state index in [0.29, 0.717) is 0 Å². The van der Waals surface area contributed by atoms with Crippen molar-refractivity contribution in [3.63, 3.8) is 0 Å². The van der Waals surface area contributed by atoms with Gasteiger partial charge in [0.05, 0.1) is 12.1 Å². The maximum Gasteiger partial charge on any atom is 0.270 e. The van der Waals surface area contributed by atoms with E-state index in [-0.39, 0.29) is 47.3 Å². The minimum Gasteiger partial charge on any atom is -0.394 e. The van der Waals surface area contributed by atoms with E-state index in [0.717, 1.165) is 47.9 Å². The summed E-state index contributed by atoms with van der Waals surface area (Å²) in [7, 11) is 0. The van der Waals surface area contributed by atoms with Crippen LogP contribution in [0, 0.1) is 13.8 Å². The Morgan fingerprint density at radius 2 is 1.66 bits per heavy atom. The predicted molar refractivity (Wildman–Crippen MR) is 155 cm³/mol. The van der Waals surface area contributed by atoms with Crippen LogP contribution in [0.3, 0.4) is 0 Å². The first kappa shape index (κ1) is 26.4. The molecular weight excluding hydrogens is 520 g/mol. The predicted octanol–water partition coefficient (Wildman–Crippen LogP) is 2.72. The minimum absolute atomic E-state index is 0.0250. The van der Waals surface area contributed by atoms with Crippen LogP contribution >= 0.6 is 0 Å². The maximum absolute atomic E-state index is 13.0. The molecular formula is C31H30N6O4. The molecule has 1 aromatic heterocycles. The highest BCUT2D eigenvalue weighted by molar-refractivity contribution is 5.97. The molecule has 6 rings (SSSR count). The molecule has 208 valence electrons. The second-order valence-corrected chi connectivity index (χ2v) is 10.8. The number of carbonyl (C=O) groups excluding carboxylic acids is 2. The highest BCUT2D eigenvalue weighted by atomic mass is 16.2. The Morgan fingerprint density at radius 3 is 2.44 bits per heavy atom. The third-order valence-electron chi connectivity index (χ3n) is 8.41. The Morgan fingerprint density at radius 1 is 0.902 bits per heavy atom. The summed E-state index contributed by atoms with van der Waals surface area (Å²) in [6.45, 7) is 4.44. The fourth-order valence-corrected chi connectivity index (χ4v) is 5.90. The lowest BCUT2D eigenvalue weighted by molar-refractivity contribution is 0.0931. The molecule has 41 heavy (non-hydrogen) atoms. The number of carbonyl (C=O) groups is 2. The number of nitrogens with one attached hydrogen (secondary N) is 3. The lowest BCUT2D eigenvalue weighted by Crippen LogP contribution is -2.37. The van der Waals surface area contributed by atoms with Crippen LogP contribution < -0.4 is 32.5 Å². The van der Waals surface area contributed by atoms with Crippen LogP contribution in [0.4, 0.5) is 11.4 Å². The molecule has 0 saturated heterocycles. The summed E-state index contributed by atoms with van der Waals surface area (Å²) >= 11 is 0. The Kier molecular flexibility index (Phi) is 6.61. The highest BCUT2D eigenvalue weighted by Gasteiger charge is 2.28. The normalized spacial score (nSPS) is 17.2. The number of rotatable bonds is 7. The summed E-state index contributed by atoms with van der Waals surface area (Å²) in [5.41, 5.74) is 12.8. The quantitative estimate of drug-likeness (QED) is 0.256. The largest absolute Gasteiger partial charge is 0.394 e. The van der Waals surface area contributed by atoms with Crippen LogP contribution in [-0.4, -0.2) is 21.8 Å². The van der Waals surface area contributed by atoms with Gasteiger partial charge in [0, 0.05) is 12.6 Å². The third kappa shape index (κ3) is 4.75. The van der Waals surface area contributed by atoms with Crippen molar-refractivity contribution in [2.45, 2.75) is 58.2 Å². The van der Waals surface area contributed by atoms with Gasteiger partial charge in [0.1, 0.15) is 29.1 Å². The zero-order valence-electron chi connectivity index (χ0n) is 22.8. The van der Waals surface area contributed by atoms with Crippen molar-refractivity contribution in [1.82, 2.24) is 20.6 Å². The number of nitrogens with two attached hydrogens (primary N) is 1. The zero-order valence-corrected chi connectivity index (χ0v) is 22.8. The van der Waals surface area contributed by atoms with Gasteiger partial charge in [-0.2, -0.15) is 0 Å². The number of hydrogen-bond donors (Lipinski definition) is 4. The summed E-state index contributed by atoms with van der Waals surface area (Å²) in [6, 6.07) is 11.2. The molecule has 0 bridgehead atoms. The van der Waals surface area contributed by atoms with Gasteiger partial charge in [-0.3, -0.25) is 19.2 Å². The summed E-state index contributed by atoms with van der Waals surface area (Å²) in [5.74, 6) is -0.775. The smallest absolute Gasteiger partial charge is 0.270 e. The number of nitrogen functional groups attached to an aromatic ring is 1. The minimum atomic E-state index is -0.651. The summed E-state index contributed by atoms with van der Waals surface area (Å²) in [6.07, 6.45) is 4.54. The molecule has 10 heteroatoms. The van der Waals surface area contributed by atoms with Gasteiger partial charge in [0.2, 0.25) is 0 Å². The molecule has 0 aliphatic heterocycles. The molecule has 0 radical (unpaired) electrons. The van der Waals surface area contributed by atoms with Crippen LogP contribution in [0.1, 0.15) is 84.8 Å². The van der Waals surface area contributed by atoms with E-state index in [2.05, 4.69) is 51.9 Å². The van der Waals surface area contributed by atoms with Crippen molar-refractivity contribution in [2.75, 3.05) is 11.1 Å². The van der Waals surface area contributed by atoms with E-state index in [1.807, 2.05) is 18.2 Å². The molecule has 0 fully saturated rings. The van der Waals surface area contributed by atoms with Gasteiger partial charge < -0.3 is 21.7 Å². The van der Waals surface area contributed by atoms with Crippen molar-refractivity contribution in [2.24, 2.45) is 0 Å². The van der Waals surface area contributed by atoms with Gasteiger partial charge in [0.25, 0.3) is 22.7 Å². The summed E-state index contributed by atoms with van der Waals surface area (Å²) < 4.78 is 0. The average Bonchev–Trinajstić information content (AvgIpc) is 3.59. The number of amides is 2. The fourth-order valence-electron chi connectivity index (χ4n) is 5.90. The van der Waals surface area contributed by atoms with Crippen molar-refractivity contribution in [3.8, 4) is 0 Å². The van der Waals surface area contributed by atoms with E-state index in [4.69, 9.17) is 5.73 Å². The Labute approximate surface area is 236 Å². The molecule has 3 aromatic carbocycles. The first-order valence-corrected chi connectivity index (χ1v) is 13.7. The molecule has 5 N–H and O–H groups in total. The molecule has 1 unspecified atom stereocenters. The fraction of sp³-hybridized carbons (Fsp3) is 0.290. The van der Waals surface area contributed by atoms with Gasteiger partial charge in [-0.15, -0.1) is 0 Å². The SMILES string of the molecule is Cc1ccc2c(c1C)CC[C@@H]2NC(=O)c1cc(C(=O)NCc2ccc3c(c2)C(Nc2c(N)c(=O)c2=O)CC3)ncn1. The van der Waals surface area contributed by atoms with Crippen LogP contribution in [-0.2, 0) is 19.4 Å². The van der Waals surface area contributed by atoms with E-state index < -0.39 is 16.8 Å². The standard InChI is InChI=1S/C31H30N6O4/c1-15-3-7-20-19(16(15)2)8-10-22(20)37-31(41)25-12-24(34-14-35-25)30(40)33-13-17-4-5-18-6-9-23(21(18)11-17)36-27-26(32)28(38)29(27)39/h3-5,7,11-12,14,22-23,36H,6,8-10,13,32H2,1-2H3,(H,33,40)(H,37,41)/t22-,23?/m0/s1. The molecule has 0 saturated carbocycles. The Balaban J connectivity index is 1.10. The number of aryl methyl sites for hydroxylation is 2. The molecule has 1 heterocycles. The molecule has 0 spiro atoms. The van der Waals surface area contributed by atoms with Gasteiger partial charge in [-0.25, -0.2) is 9.97 Å². The first-order chi connectivity index (χ1) is 19.7. The maximum atomic E-state index is 13.0. The van der Waals surface area contributed by atoms with Crippen LogP contribution in [0.15, 0.2) is 52.3 Å². The molecule has 4 aromatic rings. The second kappa shape index (κ2) is 10.3. The summed E-state index contributed by atoms with van der Waals surface area (Å²) in [4.78, 5) is 57.4. The third-order valence-corrected chi connectivity index (χ3v) is 8.41. The number of anilines is 2. The van der Waals surface area contributed by atoms with E-state index in [1.54, 1.807) is 0 Å². The lowest BCUT2D eigenvalue weighted by Gasteiger charge is -2.18. The van der Waals surface area contributed by atoms with Crippen molar-refractivity contribution in [3.05, 3.63) is 114 Å². The Bertz CT molecular complexity index is 1790. The number of hydrogen-bond acceptors (Lipinski definition) is 8. The van der Waals surface area contributed by atoms with Crippen molar-refractivity contribution < 1.29 is 9.59 Å². The second-order valence-electron chi connectivity index (χ2n) is 10.8. The highest BCUT2D eigenvalue weighted by Crippen LogP contribution is 2.36. The zero-order chi connectivity index (χ0) is 28.8. The summed E-state index contributed by atoms with van der Waals surface area (Å²) in [5, 5.41) is 9.04. The van der Waals surface area contributed by atoms with Crippen LogP contribution in [0.5, 0.6) is 0 Å². The number of benzene rings is 2. The number of fused-ring (bicyclic) bond motifs is 2. The lowest BCUT2D eigenvalue weighted by atomic mass is 9.99. The molecule has 2 aliphatic rings. The molecule has 10 nitrogen and oxygen atoms in total. The van der Waals surface area contributed by atoms with E-state index in [1.165, 1.54) is 29.1 Å². The monoisotopic (exact) mass is 550 g/mol. The first-order valence-electron chi connectivity index (χ1n) is 13.7. The number of aromatic nitrogens is 2.